The average Bonchev–Trinajstić information content (AvgIpc) is 3.10. The normalized spacial score (nSPS) is 15.6. The first-order valence-electron chi connectivity index (χ1n) is 8.23. The fourth-order valence-corrected chi connectivity index (χ4v) is 3.54. The predicted molar refractivity (Wildman–Crippen MR) is 93.8 cm³/mol. The SMILES string of the molecule is N#CCC(=O)CCCSc1nonc1C(=N[C@H]1Cc2ccc(F)cc21)NO. The lowest BCUT2D eigenvalue weighted by Gasteiger charge is -2.27. The van der Waals surface area contributed by atoms with Gasteiger partial charge in [-0.15, -0.1) is 11.8 Å². The van der Waals surface area contributed by atoms with Crippen molar-refractivity contribution in [3.63, 3.8) is 0 Å². The number of Topliss-reactive ketones (excluding diaryl/α,β-unsaturated/α-hetero) is 1. The van der Waals surface area contributed by atoms with Crippen LogP contribution in [-0.2, 0) is 11.2 Å². The molecule has 8 nitrogen and oxygen atoms in total. The molecule has 0 radical (unpaired) electrons. The molecular formula is C17H16FN5O3S. The molecule has 140 valence electrons. The quantitative estimate of drug-likeness (QED) is 0.232. The smallest absolute Gasteiger partial charge is 0.185 e. The van der Waals surface area contributed by atoms with E-state index in [0.29, 0.717) is 30.0 Å². The summed E-state index contributed by atoms with van der Waals surface area (Å²) in [6, 6.07) is 6.09. The van der Waals surface area contributed by atoms with E-state index in [1.807, 2.05) is 11.5 Å². The van der Waals surface area contributed by atoms with Gasteiger partial charge in [-0.2, -0.15) is 5.26 Å². The first-order valence-corrected chi connectivity index (χ1v) is 9.21. The number of hydrogen-bond acceptors (Lipinski definition) is 8. The van der Waals surface area contributed by atoms with E-state index in [4.69, 9.17) is 9.89 Å². The molecule has 1 aromatic carbocycles. The van der Waals surface area contributed by atoms with Gasteiger partial charge in [0.05, 0.1) is 18.5 Å². The van der Waals surface area contributed by atoms with E-state index >= 15 is 0 Å². The van der Waals surface area contributed by atoms with E-state index in [1.165, 1.54) is 23.9 Å². The number of amidine groups is 1. The molecule has 0 unspecified atom stereocenters. The fraction of sp³-hybridized carbons (Fsp3) is 0.353. The topological polar surface area (TPSA) is 124 Å². The van der Waals surface area contributed by atoms with Crippen molar-refractivity contribution in [3.05, 3.63) is 40.8 Å². The molecule has 3 rings (SSSR count). The maximum Gasteiger partial charge on any atom is 0.185 e. The van der Waals surface area contributed by atoms with E-state index in [0.717, 1.165) is 11.1 Å². The summed E-state index contributed by atoms with van der Waals surface area (Å²) in [5, 5.41) is 25.9. The van der Waals surface area contributed by atoms with E-state index in [1.54, 1.807) is 6.07 Å². The molecule has 1 aliphatic carbocycles. The van der Waals surface area contributed by atoms with Crippen LogP contribution < -0.4 is 5.48 Å². The number of rotatable bonds is 8. The van der Waals surface area contributed by atoms with Gasteiger partial charge < -0.3 is 0 Å². The Hall–Kier alpha value is -2.77. The van der Waals surface area contributed by atoms with Crippen LogP contribution in [0.5, 0.6) is 0 Å². The van der Waals surface area contributed by atoms with Crippen LogP contribution in [-0.4, -0.2) is 32.9 Å². The van der Waals surface area contributed by atoms with Gasteiger partial charge in [-0.3, -0.25) is 20.5 Å². The molecule has 0 bridgehead atoms. The maximum atomic E-state index is 13.4. The molecule has 1 aliphatic rings. The van der Waals surface area contributed by atoms with Crippen LogP contribution in [0.3, 0.4) is 0 Å². The van der Waals surface area contributed by atoms with Crippen molar-refractivity contribution < 1.29 is 19.0 Å². The van der Waals surface area contributed by atoms with E-state index in [9.17, 15) is 14.4 Å². The number of nitrogens with zero attached hydrogens (tertiary/aromatic N) is 4. The Labute approximate surface area is 158 Å². The van der Waals surface area contributed by atoms with Crippen LogP contribution in [0, 0.1) is 17.1 Å². The number of nitrogens with one attached hydrogen (secondary N) is 1. The third kappa shape index (κ3) is 4.50. The Kier molecular flexibility index (Phi) is 6.16. The van der Waals surface area contributed by atoms with Crippen molar-refractivity contribution in [2.75, 3.05) is 5.75 Å². The van der Waals surface area contributed by atoms with Crippen LogP contribution >= 0.6 is 11.8 Å². The van der Waals surface area contributed by atoms with Crippen LogP contribution in [0.4, 0.5) is 4.39 Å². The number of aliphatic imine (C=N–C) groups is 1. The van der Waals surface area contributed by atoms with Crippen molar-refractivity contribution in [2.45, 2.75) is 36.8 Å². The number of fused-ring (bicyclic) bond motifs is 1. The van der Waals surface area contributed by atoms with E-state index < -0.39 is 0 Å². The zero-order valence-corrected chi connectivity index (χ0v) is 15.0. The summed E-state index contributed by atoms with van der Waals surface area (Å²) in [6.07, 6.45) is 1.43. The van der Waals surface area contributed by atoms with Gasteiger partial charge in [0.25, 0.3) is 0 Å². The Morgan fingerprint density at radius 2 is 2.37 bits per heavy atom. The van der Waals surface area contributed by atoms with Gasteiger partial charge in [0.15, 0.2) is 16.6 Å². The maximum absolute atomic E-state index is 13.4. The van der Waals surface area contributed by atoms with Gasteiger partial charge >= 0.3 is 0 Å². The van der Waals surface area contributed by atoms with Crippen LogP contribution in [0.25, 0.3) is 0 Å². The summed E-state index contributed by atoms with van der Waals surface area (Å²) in [5.74, 6) is 0.206. The molecule has 1 aromatic heterocycles. The zero-order chi connectivity index (χ0) is 19.2. The average molecular weight is 389 g/mol. The summed E-state index contributed by atoms with van der Waals surface area (Å²) in [6.45, 7) is 0. The van der Waals surface area contributed by atoms with Gasteiger partial charge in [0.1, 0.15) is 11.6 Å². The zero-order valence-electron chi connectivity index (χ0n) is 14.2. The molecule has 0 saturated heterocycles. The minimum Gasteiger partial charge on any atom is -0.299 e. The van der Waals surface area contributed by atoms with Gasteiger partial charge in [0, 0.05) is 12.2 Å². The summed E-state index contributed by atoms with van der Waals surface area (Å²) in [4.78, 5) is 15.7. The molecule has 2 N–H and O–H groups in total. The number of hydroxylamine groups is 1. The Bertz CT molecular complexity index is 908. The highest BCUT2D eigenvalue weighted by Gasteiger charge is 2.28. The standard InChI is InChI=1S/C17H16FN5O3S/c18-11-4-3-10-8-14(13(10)9-11)20-16(21-25)15-17(23-26-22-15)27-7-1-2-12(24)5-6-19/h3-4,9,14,25H,1-2,5,7-8H2,(H,20,21)/t14-/m0/s1. The number of aromatic nitrogens is 2. The highest BCUT2D eigenvalue weighted by atomic mass is 32.2. The number of ketones is 1. The second kappa shape index (κ2) is 8.75. The molecule has 2 aromatic rings. The summed E-state index contributed by atoms with van der Waals surface area (Å²) in [7, 11) is 0. The second-order valence-electron chi connectivity index (χ2n) is 5.90. The monoisotopic (exact) mass is 389 g/mol. The highest BCUT2D eigenvalue weighted by Crippen LogP contribution is 2.37. The minimum absolute atomic E-state index is 0.0826. The van der Waals surface area contributed by atoms with Crippen molar-refractivity contribution in [1.29, 1.82) is 5.26 Å². The minimum atomic E-state index is -0.336. The van der Waals surface area contributed by atoms with Crippen molar-refractivity contribution in [3.8, 4) is 6.07 Å². The number of carbonyl (C=O) groups is 1. The van der Waals surface area contributed by atoms with Crippen molar-refractivity contribution in [1.82, 2.24) is 15.8 Å². The van der Waals surface area contributed by atoms with Crippen molar-refractivity contribution in [2.24, 2.45) is 4.99 Å². The van der Waals surface area contributed by atoms with E-state index in [2.05, 4.69) is 15.3 Å². The Morgan fingerprint density at radius 1 is 1.52 bits per heavy atom. The van der Waals surface area contributed by atoms with Gasteiger partial charge in [-0.1, -0.05) is 6.07 Å². The molecule has 27 heavy (non-hydrogen) atoms. The number of halogens is 1. The first kappa shape index (κ1) is 19.0. The number of nitriles is 1. The van der Waals surface area contributed by atoms with Crippen LogP contribution in [0.1, 0.15) is 42.1 Å². The molecular weight excluding hydrogens is 373 g/mol. The van der Waals surface area contributed by atoms with Crippen LogP contribution in [0.2, 0.25) is 0 Å². The van der Waals surface area contributed by atoms with E-state index in [-0.39, 0.29) is 35.6 Å². The molecule has 0 amide bonds. The predicted octanol–water partition coefficient (Wildman–Crippen LogP) is 2.59. The highest BCUT2D eigenvalue weighted by molar-refractivity contribution is 7.99. The number of thioether (sulfide) groups is 1. The Balaban J connectivity index is 1.64. The fourth-order valence-electron chi connectivity index (χ4n) is 2.70. The third-order valence-corrected chi connectivity index (χ3v) is 5.10. The Morgan fingerprint density at radius 3 is 3.15 bits per heavy atom. The number of benzene rings is 1. The second-order valence-corrected chi connectivity index (χ2v) is 6.98. The molecule has 1 atom stereocenters. The van der Waals surface area contributed by atoms with Gasteiger partial charge in [0.2, 0.25) is 0 Å². The number of carbonyl (C=O) groups excluding carboxylic acids is 1. The molecule has 1 heterocycles. The lowest BCUT2D eigenvalue weighted by atomic mass is 9.83. The molecule has 10 heteroatoms. The molecule has 0 fully saturated rings. The largest absolute Gasteiger partial charge is 0.299 e. The summed E-state index contributed by atoms with van der Waals surface area (Å²) >= 11 is 1.30. The lowest BCUT2D eigenvalue weighted by Crippen LogP contribution is -2.25. The molecule has 0 saturated carbocycles. The summed E-state index contributed by atoms with van der Waals surface area (Å²) in [5.41, 5.74) is 4.03. The lowest BCUT2D eigenvalue weighted by molar-refractivity contribution is -0.118. The van der Waals surface area contributed by atoms with Crippen molar-refractivity contribution >= 4 is 23.4 Å². The first-order chi connectivity index (χ1) is 13.1. The number of hydrogen-bond donors (Lipinski definition) is 2. The van der Waals surface area contributed by atoms with Crippen LogP contribution in [0.15, 0.2) is 32.8 Å². The van der Waals surface area contributed by atoms with Gasteiger partial charge in [-0.05, 0) is 46.4 Å². The van der Waals surface area contributed by atoms with Gasteiger partial charge in [-0.25, -0.2) is 9.02 Å². The molecule has 0 spiro atoms. The third-order valence-electron chi connectivity index (χ3n) is 4.07. The molecule has 0 aliphatic heterocycles. The summed E-state index contributed by atoms with van der Waals surface area (Å²) < 4.78 is 18.1.